The Morgan fingerprint density at radius 2 is 2.10 bits per heavy atom. The minimum absolute atomic E-state index is 0.0141. The van der Waals surface area contributed by atoms with E-state index in [0.717, 1.165) is 4.31 Å². The van der Waals surface area contributed by atoms with Gasteiger partial charge in [0.2, 0.25) is 10.0 Å². The predicted octanol–water partition coefficient (Wildman–Crippen LogP) is 1.67. The van der Waals surface area contributed by atoms with Gasteiger partial charge in [0.15, 0.2) is 0 Å². The molecule has 0 saturated carbocycles. The molecule has 0 radical (unpaired) electrons. The highest BCUT2D eigenvalue weighted by Crippen LogP contribution is 2.38. The fraction of sp³-hybridized carbons (Fsp3) is 0.308. The molecule has 1 aromatic carbocycles. The minimum Gasteiger partial charge on any atom is -0.480 e. The summed E-state index contributed by atoms with van der Waals surface area (Å²) in [6, 6.07) is 6.76. The van der Waals surface area contributed by atoms with Crippen molar-refractivity contribution in [2.45, 2.75) is 23.8 Å². The third-order valence-corrected chi connectivity index (χ3v) is 5.86. The molecule has 0 bridgehead atoms. The van der Waals surface area contributed by atoms with E-state index in [0.29, 0.717) is 17.4 Å². The molecule has 7 heteroatoms. The van der Waals surface area contributed by atoms with Crippen LogP contribution in [0.1, 0.15) is 13.3 Å². The van der Waals surface area contributed by atoms with Crippen LogP contribution in [-0.2, 0) is 14.8 Å². The van der Waals surface area contributed by atoms with E-state index < -0.39 is 21.5 Å². The number of sulfonamides is 1. The van der Waals surface area contributed by atoms with Crippen molar-refractivity contribution in [3.63, 3.8) is 0 Å². The van der Waals surface area contributed by atoms with Gasteiger partial charge in [-0.25, -0.2) is 8.42 Å². The fourth-order valence-corrected chi connectivity index (χ4v) is 4.29. The molecule has 1 atom stereocenters. The molecule has 1 unspecified atom stereocenters. The fourth-order valence-electron chi connectivity index (χ4n) is 2.41. The summed E-state index contributed by atoms with van der Waals surface area (Å²) in [6.45, 7) is 1.61. The van der Waals surface area contributed by atoms with E-state index in [9.17, 15) is 18.3 Å². The molecule has 0 amide bonds. The molecule has 20 heavy (non-hydrogen) atoms. The van der Waals surface area contributed by atoms with Gasteiger partial charge in [0.05, 0.1) is 0 Å². The van der Waals surface area contributed by atoms with Crippen LogP contribution in [0.3, 0.4) is 0 Å². The van der Waals surface area contributed by atoms with Crippen molar-refractivity contribution < 1.29 is 22.7 Å². The van der Waals surface area contributed by atoms with Crippen molar-refractivity contribution in [2.75, 3.05) is 6.54 Å². The number of furan rings is 1. The number of nitrogens with zero attached hydrogens (tertiary/aromatic N) is 1. The van der Waals surface area contributed by atoms with Gasteiger partial charge in [-0.1, -0.05) is 12.1 Å². The number of carbonyl (C=O) groups is 1. The number of fused-ring (bicyclic) bond motifs is 1. The first kappa shape index (κ1) is 13.1. The lowest BCUT2D eigenvalue weighted by molar-refractivity contribution is -0.153. The largest absolute Gasteiger partial charge is 0.480 e. The van der Waals surface area contributed by atoms with E-state index in [2.05, 4.69) is 0 Å². The summed E-state index contributed by atoms with van der Waals surface area (Å²) in [5, 5.41) is 9.67. The molecular formula is C13H13NO5S. The second kappa shape index (κ2) is 4.07. The Balaban J connectivity index is 2.12. The Hall–Kier alpha value is -1.86. The summed E-state index contributed by atoms with van der Waals surface area (Å²) in [5.41, 5.74) is -0.916. The maximum Gasteiger partial charge on any atom is 0.324 e. The number of carboxylic acid groups (broad SMARTS) is 1. The topological polar surface area (TPSA) is 87.8 Å². The first-order chi connectivity index (χ1) is 9.37. The van der Waals surface area contributed by atoms with E-state index in [-0.39, 0.29) is 11.4 Å². The van der Waals surface area contributed by atoms with Crippen LogP contribution >= 0.6 is 0 Å². The molecule has 1 aliphatic heterocycles. The van der Waals surface area contributed by atoms with E-state index in [1.165, 1.54) is 13.2 Å². The van der Waals surface area contributed by atoms with Crippen LogP contribution in [-0.4, -0.2) is 35.9 Å². The molecule has 6 nitrogen and oxygen atoms in total. The van der Waals surface area contributed by atoms with Crippen LogP contribution in [0, 0.1) is 0 Å². The number of benzene rings is 1. The molecule has 1 saturated heterocycles. The number of para-hydroxylation sites is 1. The number of hydrogen-bond acceptors (Lipinski definition) is 4. The van der Waals surface area contributed by atoms with Crippen LogP contribution in [0.5, 0.6) is 0 Å². The van der Waals surface area contributed by atoms with Crippen molar-refractivity contribution in [2.24, 2.45) is 0 Å². The van der Waals surface area contributed by atoms with Crippen molar-refractivity contribution in [1.29, 1.82) is 0 Å². The number of rotatable bonds is 3. The lowest BCUT2D eigenvalue weighted by atomic mass is 9.90. The maximum atomic E-state index is 12.6. The second-order valence-electron chi connectivity index (χ2n) is 5.00. The van der Waals surface area contributed by atoms with Gasteiger partial charge in [-0.3, -0.25) is 4.79 Å². The number of aliphatic carboxylic acids is 1. The van der Waals surface area contributed by atoms with Crippen LogP contribution < -0.4 is 0 Å². The van der Waals surface area contributed by atoms with Crippen molar-refractivity contribution in [3.05, 3.63) is 30.5 Å². The maximum absolute atomic E-state index is 12.6. The van der Waals surface area contributed by atoms with Crippen molar-refractivity contribution in [3.8, 4) is 0 Å². The Morgan fingerprint density at radius 3 is 2.70 bits per heavy atom. The lowest BCUT2D eigenvalue weighted by Crippen LogP contribution is -2.64. The molecule has 1 fully saturated rings. The summed E-state index contributed by atoms with van der Waals surface area (Å²) in [4.78, 5) is 11.3. The Labute approximate surface area is 115 Å². The van der Waals surface area contributed by atoms with Gasteiger partial charge in [-0.2, -0.15) is 4.31 Å². The summed E-state index contributed by atoms with van der Waals surface area (Å²) >= 11 is 0. The molecule has 1 aliphatic rings. The molecule has 0 aliphatic carbocycles. The molecule has 0 spiro atoms. The molecule has 1 N–H and O–H groups in total. The van der Waals surface area contributed by atoms with Gasteiger partial charge < -0.3 is 9.52 Å². The van der Waals surface area contributed by atoms with Crippen molar-refractivity contribution >= 4 is 27.0 Å². The van der Waals surface area contributed by atoms with Crippen LogP contribution in [0.4, 0.5) is 0 Å². The van der Waals surface area contributed by atoms with Crippen LogP contribution in [0.15, 0.2) is 39.8 Å². The van der Waals surface area contributed by atoms with E-state index in [4.69, 9.17) is 4.42 Å². The first-order valence-corrected chi connectivity index (χ1v) is 7.54. The first-order valence-electron chi connectivity index (χ1n) is 6.10. The Bertz CT molecular complexity index is 794. The summed E-state index contributed by atoms with van der Waals surface area (Å²) in [7, 11) is -3.88. The second-order valence-corrected chi connectivity index (χ2v) is 6.83. The zero-order valence-electron chi connectivity index (χ0n) is 10.7. The Morgan fingerprint density at radius 1 is 1.40 bits per heavy atom. The van der Waals surface area contributed by atoms with Crippen LogP contribution in [0.2, 0.25) is 0 Å². The molecule has 2 aromatic rings. The summed E-state index contributed by atoms with van der Waals surface area (Å²) in [6.07, 6.45) is 1.47. The lowest BCUT2D eigenvalue weighted by Gasteiger charge is -2.45. The van der Waals surface area contributed by atoms with E-state index in [1.807, 2.05) is 0 Å². The molecule has 1 aromatic heterocycles. The average Bonchev–Trinajstić information content (AvgIpc) is 2.80. The predicted molar refractivity (Wildman–Crippen MR) is 70.8 cm³/mol. The molecule has 2 heterocycles. The monoisotopic (exact) mass is 295 g/mol. The molecule has 3 rings (SSSR count). The van der Waals surface area contributed by atoms with E-state index >= 15 is 0 Å². The summed E-state index contributed by atoms with van der Waals surface area (Å²) in [5.74, 6) is -1.14. The average molecular weight is 295 g/mol. The van der Waals surface area contributed by atoms with Gasteiger partial charge in [-0.05, 0) is 25.5 Å². The highest BCUT2D eigenvalue weighted by atomic mass is 32.2. The SMILES string of the molecule is CC1(C(=O)O)CCN1S(=O)(=O)c1coc2ccccc12. The van der Waals surface area contributed by atoms with Gasteiger partial charge in [0.25, 0.3) is 0 Å². The smallest absolute Gasteiger partial charge is 0.324 e. The van der Waals surface area contributed by atoms with Crippen LogP contribution in [0.25, 0.3) is 11.0 Å². The Kier molecular flexibility index (Phi) is 2.67. The number of carboxylic acids is 1. The third kappa shape index (κ3) is 1.60. The number of hydrogen-bond donors (Lipinski definition) is 1. The van der Waals surface area contributed by atoms with E-state index in [1.54, 1.807) is 24.3 Å². The van der Waals surface area contributed by atoms with Gasteiger partial charge in [0, 0.05) is 11.9 Å². The molecule has 106 valence electrons. The van der Waals surface area contributed by atoms with Gasteiger partial charge in [-0.15, -0.1) is 0 Å². The third-order valence-electron chi connectivity index (χ3n) is 3.83. The quantitative estimate of drug-likeness (QED) is 0.930. The molecular weight excluding hydrogens is 282 g/mol. The minimum atomic E-state index is -3.88. The van der Waals surface area contributed by atoms with Crippen molar-refractivity contribution in [1.82, 2.24) is 4.31 Å². The van der Waals surface area contributed by atoms with Gasteiger partial charge in [0.1, 0.15) is 22.3 Å². The standard InChI is InChI=1S/C13H13NO5S/c1-13(12(15)16)6-7-14(13)20(17,18)11-8-19-10-5-3-2-4-9(10)11/h2-5,8H,6-7H2,1H3,(H,15,16). The highest BCUT2D eigenvalue weighted by Gasteiger charge is 2.54. The zero-order valence-corrected chi connectivity index (χ0v) is 11.6. The highest BCUT2D eigenvalue weighted by molar-refractivity contribution is 7.89. The zero-order chi connectivity index (χ0) is 14.5. The summed E-state index contributed by atoms with van der Waals surface area (Å²) < 4.78 is 31.5. The normalized spacial score (nSPS) is 23.6. The van der Waals surface area contributed by atoms with Gasteiger partial charge >= 0.3 is 5.97 Å².